The van der Waals surface area contributed by atoms with Crippen LogP contribution in [0.4, 0.5) is 0 Å². The van der Waals surface area contributed by atoms with Crippen LogP contribution in [0.15, 0.2) is 22.2 Å². The molecule has 19 heteroatoms. The summed E-state index contributed by atoms with van der Waals surface area (Å²) in [6, 6.07) is 1.20. The molecule has 17 nitrogen and oxygen atoms in total. The Morgan fingerprint density at radius 3 is 2.12 bits per heavy atom. The Bertz CT molecular complexity index is 1390. The van der Waals surface area contributed by atoms with Gasteiger partial charge in [0.1, 0.15) is 12.2 Å². The summed E-state index contributed by atoms with van der Waals surface area (Å²) < 4.78 is 59.1. The highest BCUT2D eigenvalue weighted by atomic mass is 32.1. The number of hydrogen-bond donors (Lipinski definition) is 1. The first kappa shape index (κ1) is 34.8. The van der Waals surface area contributed by atoms with E-state index in [1.54, 1.807) is 55.4 Å². The van der Waals surface area contributed by atoms with Crippen LogP contribution in [0.5, 0.6) is 0 Å². The molecule has 2 fully saturated rings. The average Bonchev–Trinajstić information content (AvgIpc) is 3.33. The minimum absolute atomic E-state index is 0.0270. The monoisotopic (exact) mass is 649 g/mol. The van der Waals surface area contributed by atoms with E-state index in [-0.39, 0.29) is 4.77 Å². The number of rotatable bonds is 11. The maximum absolute atomic E-state index is 13.7. The molecule has 0 aromatic carbocycles. The third kappa shape index (κ3) is 8.50. The van der Waals surface area contributed by atoms with Gasteiger partial charge in [0.05, 0.1) is 17.4 Å². The third-order valence-corrected chi connectivity index (χ3v) is 7.58. The number of hydrogen-bond acceptors (Lipinski definition) is 14. The Kier molecular flexibility index (Phi) is 10.3. The maximum Gasteiger partial charge on any atom is 0.480 e. The zero-order valence-electron chi connectivity index (χ0n) is 25.1. The number of carbonyl (C=O) groups excluding carboxylic acids is 2. The second-order valence-electron chi connectivity index (χ2n) is 12.2. The van der Waals surface area contributed by atoms with Crippen molar-refractivity contribution in [3.8, 4) is 0 Å². The molecule has 0 saturated carbocycles. The molecule has 0 unspecified atom stereocenters. The quantitative estimate of drug-likeness (QED) is 0.0677. The lowest BCUT2D eigenvalue weighted by Gasteiger charge is -2.31. The molecule has 2 aliphatic heterocycles. The summed E-state index contributed by atoms with van der Waals surface area (Å²) in [7, 11) is -4.72. The highest BCUT2D eigenvalue weighted by molar-refractivity contribution is 7.71. The molecule has 0 bridgehead atoms. The number of aromatic amines is 1. The van der Waals surface area contributed by atoms with E-state index in [1.807, 2.05) is 0 Å². The summed E-state index contributed by atoms with van der Waals surface area (Å²) >= 11 is 5.28. The van der Waals surface area contributed by atoms with Gasteiger partial charge in [0.15, 0.2) is 16.8 Å². The number of fused-ring (bicyclic) bond motifs is 1. The summed E-state index contributed by atoms with van der Waals surface area (Å²) in [6.07, 6.45) is -1.85. The minimum atomic E-state index is -4.72. The number of aromatic nitrogens is 2. The molecule has 0 amide bonds. The standard InChI is InChI=1S/C24H36N5O12PS/c1-21(2,3)18(31)34-12-37-42(33,38-13-35-19(32)22(4,5)6)36-11-24(27-28-25)16-15(39-23(7,8)40-16)17(41-24)29-10-9-14(30)26-20(29)43/h9-10,15-17H,11-13H2,1-8H3,(H,26,30,43)/t15-,16+,17-,24-/m1/s1. The Morgan fingerprint density at radius 1 is 1.07 bits per heavy atom. The Morgan fingerprint density at radius 2 is 1.63 bits per heavy atom. The van der Waals surface area contributed by atoms with Gasteiger partial charge in [-0.3, -0.25) is 28.5 Å². The van der Waals surface area contributed by atoms with Crippen LogP contribution in [-0.4, -0.2) is 65.4 Å². The van der Waals surface area contributed by atoms with Crippen molar-refractivity contribution < 1.29 is 51.4 Å². The molecule has 4 atom stereocenters. The first-order valence-corrected chi connectivity index (χ1v) is 14.9. The molecule has 3 heterocycles. The van der Waals surface area contributed by atoms with Gasteiger partial charge in [-0.25, -0.2) is 13.6 Å². The van der Waals surface area contributed by atoms with Gasteiger partial charge in [-0.15, -0.1) is 0 Å². The molecule has 1 aromatic heterocycles. The van der Waals surface area contributed by atoms with Crippen LogP contribution in [0.1, 0.15) is 61.6 Å². The van der Waals surface area contributed by atoms with E-state index in [4.69, 9.17) is 49.5 Å². The molecule has 3 rings (SSSR count). The van der Waals surface area contributed by atoms with Crippen LogP contribution in [0, 0.1) is 15.6 Å². The van der Waals surface area contributed by atoms with Crippen molar-refractivity contribution in [2.75, 3.05) is 20.2 Å². The average molecular weight is 650 g/mol. The van der Waals surface area contributed by atoms with Gasteiger partial charge in [-0.2, -0.15) is 0 Å². The number of phosphoric acid groups is 1. The van der Waals surface area contributed by atoms with Crippen molar-refractivity contribution in [1.29, 1.82) is 0 Å². The van der Waals surface area contributed by atoms with Gasteiger partial charge in [0.2, 0.25) is 19.3 Å². The first-order chi connectivity index (χ1) is 19.7. The fourth-order valence-electron chi connectivity index (χ4n) is 3.84. The fraction of sp³-hybridized carbons (Fsp3) is 0.750. The zero-order chi connectivity index (χ0) is 32.4. The Hall–Kier alpha value is -2.66. The van der Waals surface area contributed by atoms with Gasteiger partial charge in [-0.1, -0.05) is 5.11 Å². The van der Waals surface area contributed by atoms with Crippen molar-refractivity contribution in [3.63, 3.8) is 0 Å². The molecule has 1 aromatic rings. The predicted molar refractivity (Wildman–Crippen MR) is 148 cm³/mol. The predicted octanol–water partition coefficient (Wildman–Crippen LogP) is 4.21. The van der Waals surface area contributed by atoms with E-state index < -0.39 is 86.3 Å². The largest absolute Gasteiger partial charge is 0.480 e. The highest BCUT2D eigenvalue weighted by Crippen LogP contribution is 2.54. The smallest absolute Gasteiger partial charge is 0.437 e. The van der Waals surface area contributed by atoms with Gasteiger partial charge in [-0.05, 0) is 73.1 Å². The van der Waals surface area contributed by atoms with Crippen LogP contribution in [0.3, 0.4) is 0 Å². The van der Waals surface area contributed by atoms with Crippen molar-refractivity contribution in [1.82, 2.24) is 9.55 Å². The van der Waals surface area contributed by atoms with Crippen LogP contribution in [0.25, 0.3) is 10.4 Å². The van der Waals surface area contributed by atoms with Crippen molar-refractivity contribution in [2.24, 2.45) is 15.9 Å². The van der Waals surface area contributed by atoms with E-state index in [0.717, 1.165) is 0 Å². The topological polar surface area (TPSA) is 212 Å². The first-order valence-electron chi connectivity index (χ1n) is 13.0. The van der Waals surface area contributed by atoms with E-state index in [2.05, 4.69) is 15.0 Å². The van der Waals surface area contributed by atoms with Crippen molar-refractivity contribution in [2.45, 2.75) is 85.3 Å². The molecular formula is C24H36N5O12PS. The van der Waals surface area contributed by atoms with Crippen LogP contribution < -0.4 is 5.56 Å². The van der Waals surface area contributed by atoms with Crippen LogP contribution >= 0.6 is 20.0 Å². The number of azide groups is 1. The lowest BCUT2D eigenvalue weighted by Crippen LogP contribution is -2.45. The SMILES string of the molecule is CC1(C)O[C@H]2[C@H](n3ccc(=O)[nH]c3=S)O[C@@](COP(=O)(OCOC(=O)C(C)(C)C)OCOC(=O)C(C)(C)C)(N=[N+]=[N-])[C@H]2O1. The molecular weight excluding hydrogens is 613 g/mol. The molecule has 43 heavy (non-hydrogen) atoms. The van der Waals surface area contributed by atoms with E-state index in [1.165, 1.54) is 16.8 Å². The van der Waals surface area contributed by atoms with E-state index in [0.29, 0.717) is 0 Å². The third-order valence-electron chi connectivity index (χ3n) is 5.97. The number of H-pyrrole nitrogens is 1. The van der Waals surface area contributed by atoms with Gasteiger partial charge in [0.25, 0.3) is 5.56 Å². The molecule has 1 N–H and O–H groups in total. The zero-order valence-corrected chi connectivity index (χ0v) is 26.8. The molecule has 0 radical (unpaired) electrons. The van der Waals surface area contributed by atoms with Gasteiger partial charge < -0.3 is 23.7 Å². The van der Waals surface area contributed by atoms with E-state index >= 15 is 0 Å². The summed E-state index contributed by atoms with van der Waals surface area (Å²) in [5.41, 5.74) is 5.17. The number of ether oxygens (including phenoxy) is 5. The summed E-state index contributed by atoms with van der Waals surface area (Å²) in [5, 5.41) is 3.78. The lowest BCUT2D eigenvalue weighted by molar-refractivity contribution is -0.225. The highest BCUT2D eigenvalue weighted by Gasteiger charge is 2.64. The number of carbonyl (C=O) groups is 2. The van der Waals surface area contributed by atoms with Crippen LogP contribution in [-0.2, 0) is 51.4 Å². The normalized spacial score (nSPS) is 25.1. The molecule has 2 aliphatic rings. The Balaban J connectivity index is 1.90. The van der Waals surface area contributed by atoms with Crippen molar-refractivity contribution >= 4 is 32.0 Å². The summed E-state index contributed by atoms with van der Waals surface area (Å²) in [6.45, 7) is 10.3. The lowest BCUT2D eigenvalue weighted by atomic mass is 9.98. The minimum Gasteiger partial charge on any atom is -0.437 e. The maximum atomic E-state index is 13.7. The number of esters is 2. The van der Waals surface area contributed by atoms with Gasteiger partial charge >= 0.3 is 19.8 Å². The molecule has 2 saturated heterocycles. The number of nitrogens with one attached hydrogen (secondary N) is 1. The number of nitrogens with zero attached hydrogens (tertiary/aromatic N) is 4. The molecule has 0 aliphatic carbocycles. The second kappa shape index (κ2) is 12.8. The van der Waals surface area contributed by atoms with Crippen LogP contribution in [0.2, 0.25) is 0 Å². The van der Waals surface area contributed by atoms with Gasteiger partial charge in [0, 0.05) is 17.2 Å². The number of phosphoric ester groups is 1. The summed E-state index contributed by atoms with van der Waals surface area (Å²) in [5.74, 6) is -2.55. The Labute approximate surface area is 252 Å². The van der Waals surface area contributed by atoms with E-state index in [9.17, 15) is 24.5 Å². The molecule has 240 valence electrons. The summed E-state index contributed by atoms with van der Waals surface area (Å²) in [4.78, 5) is 41.5. The second-order valence-corrected chi connectivity index (χ2v) is 14.2. The molecule has 0 spiro atoms. The van der Waals surface area contributed by atoms with Crippen molar-refractivity contribution in [3.05, 3.63) is 37.8 Å². The fourth-order valence-corrected chi connectivity index (χ4v) is 5.03.